The topological polar surface area (TPSA) is 70.3 Å². The van der Waals surface area contributed by atoms with E-state index < -0.39 is 0 Å². The predicted molar refractivity (Wildman–Crippen MR) is 89.9 cm³/mol. The number of benzene rings is 1. The van der Waals surface area contributed by atoms with Gasteiger partial charge < -0.3 is 20.9 Å². The van der Waals surface area contributed by atoms with Crippen LogP contribution in [0, 0.1) is 0 Å². The van der Waals surface area contributed by atoms with Crippen molar-refractivity contribution in [3.05, 3.63) is 42.0 Å². The maximum atomic E-state index is 5.93. The average molecular weight is 298 g/mol. The van der Waals surface area contributed by atoms with E-state index >= 15 is 0 Å². The first-order chi connectivity index (χ1) is 10.7. The van der Waals surface area contributed by atoms with E-state index in [1.807, 2.05) is 24.3 Å². The molecule has 6 heteroatoms. The maximum Gasteiger partial charge on any atom is 0.226 e. The highest BCUT2D eigenvalue weighted by molar-refractivity contribution is 5.52. The van der Waals surface area contributed by atoms with Crippen molar-refractivity contribution < 1.29 is 0 Å². The molecular weight excluding hydrogens is 276 g/mol. The number of nitrogens with two attached hydrogens (primary N) is 1. The first kappa shape index (κ1) is 14.6. The summed E-state index contributed by atoms with van der Waals surface area (Å²) in [5.74, 6) is 1.98. The van der Waals surface area contributed by atoms with Crippen molar-refractivity contribution >= 4 is 17.6 Å². The molecule has 3 rings (SSSR count). The summed E-state index contributed by atoms with van der Waals surface area (Å²) in [6, 6.07) is 12.0. The Hall–Kier alpha value is -2.34. The lowest BCUT2D eigenvalue weighted by atomic mass is 10.2. The Bertz CT molecular complexity index is 607. The third-order valence-electron chi connectivity index (χ3n) is 3.85. The molecule has 2 heterocycles. The van der Waals surface area contributed by atoms with Gasteiger partial charge in [-0.15, -0.1) is 0 Å². The van der Waals surface area contributed by atoms with Gasteiger partial charge in [-0.05, 0) is 12.6 Å². The van der Waals surface area contributed by atoms with Crippen molar-refractivity contribution in [2.45, 2.75) is 6.54 Å². The van der Waals surface area contributed by atoms with E-state index in [1.54, 1.807) is 0 Å². The molecule has 0 bridgehead atoms. The number of nitrogen functional groups attached to an aromatic ring is 1. The first-order valence-corrected chi connectivity index (χ1v) is 7.56. The maximum absolute atomic E-state index is 5.93. The molecule has 0 aliphatic carbocycles. The third-order valence-corrected chi connectivity index (χ3v) is 3.85. The summed E-state index contributed by atoms with van der Waals surface area (Å²) in [6.07, 6.45) is 0. The van der Waals surface area contributed by atoms with Crippen LogP contribution in [-0.4, -0.2) is 48.1 Å². The molecule has 0 radical (unpaired) electrons. The number of aromatic nitrogens is 2. The van der Waals surface area contributed by atoms with Gasteiger partial charge in [-0.2, -0.15) is 9.97 Å². The fourth-order valence-corrected chi connectivity index (χ4v) is 2.51. The van der Waals surface area contributed by atoms with Crippen LogP contribution in [0.5, 0.6) is 0 Å². The Labute approximate surface area is 131 Å². The SMILES string of the molecule is CN1CCN(c2cc(N)nc(NCc3ccccc3)n2)CC1. The van der Waals surface area contributed by atoms with Crippen molar-refractivity contribution in [3.63, 3.8) is 0 Å². The Balaban J connectivity index is 1.70. The zero-order valence-electron chi connectivity index (χ0n) is 12.9. The zero-order valence-corrected chi connectivity index (χ0v) is 12.9. The Morgan fingerprint density at radius 3 is 2.55 bits per heavy atom. The number of rotatable bonds is 4. The van der Waals surface area contributed by atoms with Crippen molar-refractivity contribution in [1.82, 2.24) is 14.9 Å². The lowest BCUT2D eigenvalue weighted by molar-refractivity contribution is 0.312. The smallest absolute Gasteiger partial charge is 0.226 e. The minimum absolute atomic E-state index is 0.500. The first-order valence-electron chi connectivity index (χ1n) is 7.56. The second-order valence-electron chi connectivity index (χ2n) is 5.60. The van der Waals surface area contributed by atoms with Gasteiger partial charge in [0.1, 0.15) is 11.6 Å². The standard InChI is InChI=1S/C16H22N6/c1-21-7-9-22(10-8-21)15-11-14(17)19-16(20-15)18-12-13-5-3-2-4-6-13/h2-6,11H,7-10,12H2,1H3,(H3,17,18,19,20). The number of piperazine rings is 1. The van der Waals surface area contributed by atoms with Gasteiger partial charge in [-0.25, -0.2) is 0 Å². The van der Waals surface area contributed by atoms with Crippen LogP contribution >= 0.6 is 0 Å². The Morgan fingerprint density at radius 1 is 1.09 bits per heavy atom. The Morgan fingerprint density at radius 2 is 1.82 bits per heavy atom. The molecular formula is C16H22N6. The van der Waals surface area contributed by atoms with Crippen molar-refractivity contribution in [3.8, 4) is 0 Å². The average Bonchev–Trinajstić information content (AvgIpc) is 2.54. The van der Waals surface area contributed by atoms with Gasteiger partial charge in [0, 0.05) is 38.8 Å². The fourth-order valence-electron chi connectivity index (χ4n) is 2.51. The van der Waals surface area contributed by atoms with E-state index in [0.29, 0.717) is 18.3 Å². The number of nitrogens with one attached hydrogen (secondary N) is 1. The summed E-state index contributed by atoms with van der Waals surface area (Å²) in [6.45, 7) is 4.69. The van der Waals surface area contributed by atoms with Crippen LogP contribution in [0.1, 0.15) is 5.56 Å². The summed E-state index contributed by atoms with van der Waals surface area (Å²) < 4.78 is 0. The summed E-state index contributed by atoms with van der Waals surface area (Å²) in [5, 5.41) is 3.25. The molecule has 1 fully saturated rings. The molecule has 2 aromatic rings. The molecule has 1 aliphatic rings. The van der Waals surface area contributed by atoms with Crippen LogP contribution in [0.2, 0.25) is 0 Å². The molecule has 1 saturated heterocycles. The highest BCUT2D eigenvalue weighted by Crippen LogP contribution is 2.18. The molecule has 116 valence electrons. The van der Waals surface area contributed by atoms with E-state index in [4.69, 9.17) is 5.73 Å². The van der Waals surface area contributed by atoms with Crippen molar-refractivity contribution in [1.29, 1.82) is 0 Å². The van der Waals surface area contributed by atoms with Crippen LogP contribution in [0.15, 0.2) is 36.4 Å². The molecule has 22 heavy (non-hydrogen) atoms. The van der Waals surface area contributed by atoms with Crippen LogP contribution in [0.3, 0.4) is 0 Å². The molecule has 0 spiro atoms. The van der Waals surface area contributed by atoms with E-state index in [-0.39, 0.29) is 0 Å². The van der Waals surface area contributed by atoms with E-state index in [9.17, 15) is 0 Å². The van der Waals surface area contributed by atoms with E-state index in [0.717, 1.165) is 32.0 Å². The minimum atomic E-state index is 0.500. The molecule has 0 saturated carbocycles. The fraction of sp³-hybridized carbons (Fsp3) is 0.375. The summed E-state index contributed by atoms with van der Waals surface area (Å²) in [5.41, 5.74) is 7.12. The molecule has 1 aromatic heterocycles. The lowest BCUT2D eigenvalue weighted by Gasteiger charge is -2.33. The summed E-state index contributed by atoms with van der Waals surface area (Å²) in [4.78, 5) is 13.5. The van der Waals surface area contributed by atoms with Crippen LogP contribution < -0.4 is 16.0 Å². The lowest BCUT2D eigenvalue weighted by Crippen LogP contribution is -2.44. The van der Waals surface area contributed by atoms with E-state index in [1.165, 1.54) is 5.56 Å². The molecule has 0 atom stereocenters. The highest BCUT2D eigenvalue weighted by atomic mass is 15.3. The monoisotopic (exact) mass is 298 g/mol. The number of hydrogen-bond donors (Lipinski definition) is 2. The second-order valence-corrected chi connectivity index (χ2v) is 5.60. The summed E-state index contributed by atoms with van der Waals surface area (Å²) >= 11 is 0. The van der Waals surface area contributed by atoms with Gasteiger partial charge >= 0.3 is 0 Å². The second kappa shape index (κ2) is 6.62. The van der Waals surface area contributed by atoms with Crippen LogP contribution in [0.4, 0.5) is 17.6 Å². The Kier molecular flexibility index (Phi) is 4.39. The van der Waals surface area contributed by atoms with Crippen molar-refractivity contribution in [2.24, 2.45) is 0 Å². The molecule has 6 nitrogen and oxygen atoms in total. The van der Waals surface area contributed by atoms with Gasteiger partial charge in [0.05, 0.1) is 0 Å². The molecule has 1 aromatic carbocycles. The van der Waals surface area contributed by atoms with Gasteiger partial charge in [0.25, 0.3) is 0 Å². The van der Waals surface area contributed by atoms with Gasteiger partial charge in [0.15, 0.2) is 0 Å². The summed E-state index contributed by atoms with van der Waals surface area (Å²) in [7, 11) is 2.14. The number of anilines is 3. The normalized spacial score (nSPS) is 15.8. The van der Waals surface area contributed by atoms with Crippen molar-refractivity contribution in [2.75, 3.05) is 49.2 Å². The quantitative estimate of drug-likeness (QED) is 0.890. The highest BCUT2D eigenvalue weighted by Gasteiger charge is 2.16. The molecule has 1 aliphatic heterocycles. The van der Waals surface area contributed by atoms with Gasteiger partial charge in [0.2, 0.25) is 5.95 Å². The number of nitrogens with zero attached hydrogens (tertiary/aromatic N) is 4. The largest absolute Gasteiger partial charge is 0.383 e. The molecule has 0 amide bonds. The van der Waals surface area contributed by atoms with Gasteiger partial charge in [-0.1, -0.05) is 30.3 Å². The number of hydrogen-bond acceptors (Lipinski definition) is 6. The minimum Gasteiger partial charge on any atom is -0.383 e. The van der Waals surface area contributed by atoms with Crippen LogP contribution in [0.25, 0.3) is 0 Å². The number of likely N-dealkylation sites (N-methyl/N-ethyl adjacent to an activating group) is 1. The molecule has 0 unspecified atom stereocenters. The van der Waals surface area contributed by atoms with E-state index in [2.05, 4.69) is 44.3 Å². The zero-order chi connectivity index (χ0) is 15.4. The predicted octanol–water partition coefficient (Wildman–Crippen LogP) is 1.42. The third kappa shape index (κ3) is 3.65. The molecule has 3 N–H and O–H groups in total. The van der Waals surface area contributed by atoms with Crippen LogP contribution in [-0.2, 0) is 6.54 Å². The van der Waals surface area contributed by atoms with Gasteiger partial charge in [-0.3, -0.25) is 0 Å².